The van der Waals surface area contributed by atoms with Gasteiger partial charge in [0, 0.05) is 26.0 Å². The quantitative estimate of drug-likeness (QED) is 0.852. The second kappa shape index (κ2) is 6.49. The van der Waals surface area contributed by atoms with Gasteiger partial charge in [-0.05, 0) is 31.9 Å². The van der Waals surface area contributed by atoms with Gasteiger partial charge in [0.15, 0.2) is 0 Å². The van der Waals surface area contributed by atoms with Crippen LogP contribution in [0.15, 0.2) is 18.2 Å². The minimum absolute atomic E-state index is 0.0402. The summed E-state index contributed by atoms with van der Waals surface area (Å²) < 4.78 is 5.34. The van der Waals surface area contributed by atoms with Crippen LogP contribution in [-0.4, -0.2) is 41.0 Å². The minimum atomic E-state index is -0.772. The van der Waals surface area contributed by atoms with Crippen molar-refractivity contribution in [2.45, 2.75) is 26.3 Å². The lowest BCUT2D eigenvalue weighted by molar-refractivity contribution is -0.141. The maximum absolute atomic E-state index is 12.8. The largest absolute Gasteiger partial charge is 0.392 e. The average molecular weight is 307 g/mol. The molecule has 2 N–H and O–H groups in total. The molecule has 0 atom stereocenters. The summed E-state index contributed by atoms with van der Waals surface area (Å²) in [5, 5.41) is 0. The maximum atomic E-state index is 12.8. The number of nitrogens with zero attached hydrogens (tertiary/aromatic N) is 2. The fraction of sp³-hybridized carbons (Fsp3) is 0.533. The molecule has 1 aliphatic heterocycles. The van der Waals surface area contributed by atoms with E-state index >= 15 is 0 Å². The lowest BCUT2D eigenvalue weighted by Gasteiger charge is -2.37. The van der Waals surface area contributed by atoms with Gasteiger partial charge in [-0.15, -0.1) is 0 Å². The van der Waals surface area contributed by atoms with Crippen LogP contribution in [-0.2, 0) is 16.1 Å². The molecular weight excluding hydrogens is 286 g/mol. The molecule has 1 amide bonds. The number of carbonyl (C=O) groups is 1. The molecule has 0 saturated carbocycles. The molecule has 0 aromatic carbocycles. The molecule has 0 unspecified atom stereocenters. The van der Waals surface area contributed by atoms with Gasteiger partial charge in [-0.1, -0.05) is 18.3 Å². The number of thiocarbonyl (C=S) groups is 1. The summed E-state index contributed by atoms with van der Waals surface area (Å²) in [6.45, 7) is 3.41. The molecule has 2 heterocycles. The third-order valence-electron chi connectivity index (χ3n) is 3.92. The van der Waals surface area contributed by atoms with Crippen LogP contribution in [0.5, 0.6) is 0 Å². The fourth-order valence-corrected chi connectivity index (χ4v) is 2.94. The lowest BCUT2D eigenvalue weighted by Crippen LogP contribution is -2.52. The van der Waals surface area contributed by atoms with E-state index in [9.17, 15) is 4.79 Å². The zero-order chi connectivity index (χ0) is 15.5. The number of pyridine rings is 1. The summed E-state index contributed by atoms with van der Waals surface area (Å²) in [6.07, 6.45) is 1.10. The van der Waals surface area contributed by atoms with E-state index in [1.54, 1.807) is 11.9 Å². The number of amides is 1. The van der Waals surface area contributed by atoms with Gasteiger partial charge in [0.2, 0.25) is 5.91 Å². The maximum Gasteiger partial charge on any atom is 0.235 e. The molecule has 0 bridgehead atoms. The monoisotopic (exact) mass is 307 g/mol. The van der Waals surface area contributed by atoms with Crippen molar-refractivity contribution in [3.63, 3.8) is 0 Å². The summed E-state index contributed by atoms with van der Waals surface area (Å²) >= 11 is 5.17. The Hall–Kier alpha value is -1.53. The van der Waals surface area contributed by atoms with E-state index in [4.69, 9.17) is 22.7 Å². The number of ether oxygens (including phenoxy) is 1. The number of aromatic nitrogens is 1. The van der Waals surface area contributed by atoms with E-state index in [1.807, 2.05) is 25.1 Å². The summed E-state index contributed by atoms with van der Waals surface area (Å²) in [7, 11) is 1.77. The first-order valence-corrected chi connectivity index (χ1v) is 7.42. The SMILES string of the molecule is Cc1cccc(CN(C)C(=O)C2(C(N)=S)CCOCC2)n1. The Kier molecular flexibility index (Phi) is 4.90. The Labute approximate surface area is 130 Å². The Bertz CT molecular complexity index is 541. The van der Waals surface area contributed by atoms with Crippen LogP contribution >= 0.6 is 12.2 Å². The van der Waals surface area contributed by atoms with Crippen molar-refractivity contribution < 1.29 is 9.53 Å². The van der Waals surface area contributed by atoms with Crippen LogP contribution in [0.1, 0.15) is 24.2 Å². The predicted octanol–water partition coefficient (Wildman–Crippen LogP) is 1.43. The molecule has 1 aromatic rings. The normalized spacial score (nSPS) is 17.2. The molecule has 0 radical (unpaired) electrons. The number of hydrogen-bond acceptors (Lipinski definition) is 4. The number of aryl methyl sites for hydroxylation is 1. The van der Waals surface area contributed by atoms with Crippen molar-refractivity contribution in [2.24, 2.45) is 11.1 Å². The molecule has 1 aliphatic rings. The molecule has 21 heavy (non-hydrogen) atoms. The van der Waals surface area contributed by atoms with Crippen LogP contribution in [0.4, 0.5) is 0 Å². The zero-order valence-corrected chi connectivity index (χ0v) is 13.3. The van der Waals surface area contributed by atoms with Gasteiger partial charge in [0.1, 0.15) is 5.41 Å². The summed E-state index contributed by atoms with van der Waals surface area (Å²) in [6, 6.07) is 5.78. The van der Waals surface area contributed by atoms with Gasteiger partial charge in [0.05, 0.1) is 17.2 Å². The molecule has 1 fully saturated rings. The van der Waals surface area contributed by atoms with Gasteiger partial charge in [0.25, 0.3) is 0 Å². The Morgan fingerprint density at radius 3 is 2.71 bits per heavy atom. The average Bonchev–Trinajstić information content (AvgIpc) is 2.47. The molecule has 2 rings (SSSR count). The third-order valence-corrected chi connectivity index (χ3v) is 4.31. The lowest BCUT2D eigenvalue weighted by atomic mass is 9.78. The number of rotatable bonds is 4. The first-order chi connectivity index (χ1) is 9.95. The van der Waals surface area contributed by atoms with Crippen molar-refractivity contribution >= 4 is 23.1 Å². The molecule has 114 valence electrons. The van der Waals surface area contributed by atoms with Gasteiger partial charge in [-0.25, -0.2) is 0 Å². The molecular formula is C15H21N3O2S. The van der Waals surface area contributed by atoms with E-state index in [1.165, 1.54) is 0 Å². The molecule has 0 aliphatic carbocycles. The molecule has 6 heteroatoms. The van der Waals surface area contributed by atoms with Gasteiger partial charge < -0.3 is 15.4 Å². The fourth-order valence-electron chi connectivity index (χ4n) is 2.65. The van der Waals surface area contributed by atoms with Crippen LogP contribution < -0.4 is 5.73 Å². The van der Waals surface area contributed by atoms with E-state index in [2.05, 4.69) is 4.98 Å². The van der Waals surface area contributed by atoms with Crippen molar-refractivity contribution in [2.75, 3.05) is 20.3 Å². The summed E-state index contributed by atoms with van der Waals surface area (Å²) in [5.74, 6) is -0.0402. The predicted molar refractivity (Wildman–Crippen MR) is 84.7 cm³/mol. The highest BCUT2D eigenvalue weighted by atomic mass is 32.1. The van der Waals surface area contributed by atoms with E-state index in [0.717, 1.165) is 11.4 Å². The van der Waals surface area contributed by atoms with Crippen molar-refractivity contribution in [3.8, 4) is 0 Å². The highest BCUT2D eigenvalue weighted by molar-refractivity contribution is 7.80. The highest BCUT2D eigenvalue weighted by Gasteiger charge is 2.44. The van der Waals surface area contributed by atoms with Crippen LogP contribution in [0.25, 0.3) is 0 Å². The van der Waals surface area contributed by atoms with Gasteiger partial charge in [-0.3, -0.25) is 9.78 Å². The van der Waals surface area contributed by atoms with E-state index in [-0.39, 0.29) is 10.9 Å². The Morgan fingerprint density at radius 1 is 1.48 bits per heavy atom. The van der Waals surface area contributed by atoms with Crippen molar-refractivity contribution in [1.29, 1.82) is 0 Å². The van der Waals surface area contributed by atoms with Gasteiger partial charge in [-0.2, -0.15) is 0 Å². The van der Waals surface area contributed by atoms with Crippen LogP contribution in [0.2, 0.25) is 0 Å². The number of carbonyl (C=O) groups excluding carboxylic acids is 1. The van der Waals surface area contributed by atoms with Crippen molar-refractivity contribution in [1.82, 2.24) is 9.88 Å². The number of nitrogens with two attached hydrogens (primary N) is 1. The first kappa shape index (κ1) is 15.9. The Morgan fingerprint density at radius 2 is 2.14 bits per heavy atom. The first-order valence-electron chi connectivity index (χ1n) is 7.01. The van der Waals surface area contributed by atoms with Crippen LogP contribution in [0.3, 0.4) is 0 Å². The van der Waals surface area contributed by atoms with E-state index < -0.39 is 5.41 Å². The van der Waals surface area contributed by atoms with Crippen molar-refractivity contribution in [3.05, 3.63) is 29.6 Å². The summed E-state index contributed by atoms with van der Waals surface area (Å²) in [5.41, 5.74) is 6.89. The Balaban J connectivity index is 2.15. The smallest absolute Gasteiger partial charge is 0.235 e. The molecule has 5 nitrogen and oxygen atoms in total. The molecule has 1 aromatic heterocycles. The second-order valence-electron chi connectivity index (χ2n) is 5.49. The summed E-state index contributed by atoms with van der Waals surface area (Å²) in [4.78, 5) is 19.2. The standard InChI is InChI=1S/C15H21N3O2S/c1-11-4-3-5-12(17-11)10-18(2)14(19)15(13(16)21)6-8-20-9-7-15/h3-5H,6-10H2,1-2H3,(H2,16,21). The highest BCUT2D eigenvalue weighted by Crippen LogP contribution is 2.33. The molecule has 1 saturated heterocycles. The third kappa shape index (κ3) is 3.39. The van der Waals surface area contributed by atoms with Gasteiger partial charge >= 0.3 is 0 Å². The molecule has 0 spiro atoms. The van der Waals surface area contributed by atoms with Crippen LogP contribution in [0, 0.1) is 12.3 Å². The number of hydrogen-bond donors (Lipinski definition) is 1. The zero-order valence-electron chi connectivity index (χ0n) is 12.5. The topological polar surface area (TPSA) is 68.5 Å². The minimum Gasteiger partial charge on any atom is -0.392 e. The van der Waals surface area contributed by atoms with E-state index in [0.29, 0.717) is 32.6 Å². The second-order valence-corrected chi connectivity index (χ2v) is 5.93.